The summed E-state index contributed by atoms with van der Waals surface area (Å²) in [7, 11) is 0. The van der Waals surface area contributed by atoms with Gasteiger partial charge in [0, 0.05) is 18.5 Å². The number of fused-ring (bicyclic) bond motifs is 1. The van der Waals surface area contributed by atoms with Crippen LogP contribution in [0, 0.1) is 0 Å². The third-order valence-electron chi connectivity index (χ3n) is 2.98. The lowest BCUT2D eigenvalue weighted by Crippen LogP contribution is -2.08. The van der Waals surface area contributed by atoms with Crippen LogP contribution < -0.4 is 10.5 Å². The number of benzene rings is 1. The first-order valence-corrected chi connectivity index (χ1v) is 6.15. The van der Waals surface area contributed by atoms with E-state index in [1.807, 2.05) is 12.1 Å². The van der Waals surface area contributed by atoms with Crippen LogP contribution in [0.2, 0.25) is 0 Å². The molecule has 3 rings (SSSR count). The van der Waals surface area contributed by atoms with Gasteiger partial charge in [-0.25, -0.2) is 0 Å². The fourth-order valence-electron chi connectivity index (χ4n) is 2.09. The highest BCUT2D eigenvalue weighted by Gasteiger charge is 2.14. The van der Waals surface area contributed by atoms with Gasteiger partial charge < -0.3 is 14.9 Å². The highest BCUT2D eigenvalue weighted by Crippen LogP contribution is 2.29. The molecule has 5 heteroatoms. The van der Waals surface area contributed by atoms with Crippen molar-refractivity contribution in [1.82, 2.24) is 10.2 Å². The van der Waals surface area contributed by atoms with Crippen molar-refractivity contribution < 1.29 is 9.15 Å². The maximum atomic E-state index is 5.57. The Bertz CT molecular complexity index is 551. The van der Waals surface area contributed by atoms with Crippen LogP contribution in [0.3, 0.4) is 0 Å². The molecule has 0 saturated heterocycles. The van der Waals surface area contributed by atoms with Crippen LogP contribution in [0.5, 0.6) is 5.75 Å². The largest absolute Gasteiger partial charge is 0.493 e. The third-order valence-corrected chi connectivity index (χ3v) is 2.98. The average molecular weight is 245 g/mol. The van der Waals surface area contributed by atoms with E-state index >= 15 is 0 Å². The highest BCUT2D eigenvalue weighted by atomic mass is 16.5. The molecule has 18 heavy (non-hydrogen) atoms. The normalized spacial score (nSPS) is 14.1. The van der Waals surface area contributed by atoms with E-state index in [4.69, 9.17) is 14.9 Å². The molecule has 5 nitrogen and oxygen atoms in total. The number of aryl methyl sites for hydroxylation is 1. The quantitative estimate of drug-likeness (QED) is 0.888. The maximum absolute atomic E-state index is 5.57. The number of hydrogen-bond donors (Lipinski definition) is 1. The van der Waals surface area contributed by atoms with Gasteiger partial charge in [0.05, 0.1) is 6.61 Å². The van der Waals surface area contributed by atoms with Gasteiger partial charge in [-0.1, -0.05) is 0 Å². The maximum Gasteiger partial charge on any atom is 0.247 e. The molecule has 1 aromatic carbocycles. The van der Waals surface area contributed by atoms with E-state index in [9.17, 15) is 0 Å². The zero-order valence-electron chi connectivity index (χ0n) is 10.1. The minimum absolute atomic E-state index is 0.514. The summed E-state index contributed by atoms with van der Waals surface area (Å²) in [4.78, 5) is 0. The first-order valence-electron chi connectivity index (χ1n) is 6.15. The van der Waals surface area contributed by atoms with Gasteiger partial charge in [0.25, 0.3) is 0 Å². The van der Waals surface area contributed by atoms with Crippen molar-refractivity contribution in [1.29, 1.82) is 0 Å². The number of ether oxygens (including phenoxy) is 1. The van der Waals surface area contributed by atoms with E-state index < -0.39 is 0 Å². The Morgan fingerprint density at radius 2 is 2.22 bits per heavy atom. The first kappa shape index (κ1) is 11.2. The summed E-state index contributed by atoms with van der Waals surface area (Å²) < 4.78 is 11.1. The van der Waals surface area contributed by atoms with E-state index in [-0.39, 0.29) is 0 Å². The predicted octanol–water partition coefficient (Wildman–Crippen LogP) is 1.56. The van der Waals surface area contributed by atoms with Crippen LogP contribution in [-0.2, 0) is 12.8 Å². The molecule has 1 aliphatic rings. The SMILES string of the molecule is NCCc1nnc(-c2ccc3c(c2)CCCO3)o1. The summed E-state index contributed by atoms with van der Waals surface area (Å²) in [6.07, 6.45) is 2.70. The molecule has 1 aromatic heterocycles. The molecular formula is C13H15N3O2. The van der Waals surface area contributed by atoms with Gasteiger partial charge in [-0.2, -0.15) is 0 Å². The lowest BCUT2D eigenvalue weighted by molar-refractivity contribution is 0.288. The number of nitrogens with two attached hydrogens (primary N) is 1. The summed E-state index contributed by atoms with van der Waals surface area (Å²) in [5.41, 5.74) is 7.60. The van der Waals surface area contributed by atoms with Crippen LogP contribution in [0.1, 0.15) is 17.9 Å². The molecule has 1 aliphatic heterocycles. The molecule has 0 bridgehead atoms. The number of hydrogen-bond acceptors (Lipinski definition) is 5. The second-order valence-electron chi connectivity index (χ2n) is 4.31. The van der Waals surface area contributed by atoms with Gasteiger partial charge in [0.2, 0.25) is 11.8 Å². The van der Waals surface area contributed by atoms with Crippen molar-refractivity contribution in [3.63, 3.8) is 0 Å². The summed E-state index contributed by atoms with van der Waals surface area (Å²) in [6.45, 7) is 1.31. The molecule has 0 unspecified atom stereocenters. The van der Waals surface area contributed by atoms with Crippen molar-refractivity contribution in [2.45, 2.75) is 19.3 Å². The Kier molecular flexibility index (Phi) is 2.98. The Labute approximate surface area is 105 Å². The van der Waals surface area contributed by atoms with Gasteiger partial charge in [-0.05, 0) is 36.6 Å². The van der Waals surface area contributed by atoms with Crippen molar-refractivity contribution in [3.8, 4) is 17.2 Å². The molecule has 2 heterocycles. The van der Waals surface area contributed by atoms with Gasteiger partial charge in [-0.15, -0.1) is 10.2 Å². The van der Waals surface area contributed by atoms with Crippen LogP contribution in [0.25, 0.3) is 11.5 Å². The van der Waals surface area contributed by atoms with Gasteiger partial charge in [0.15, 0.2) is 0 Å². The molecule has 2 N–H and O–H groups in total. The van der Waals surface area contributed by atoms with Crippen molar-refractivity contribution in [3.05, 3.63) is 29.7 Å². The van der Waals surface area contributed by atoms with Gasteiger partial charge >= 0.3 is 0 Å². The Morgan fingerprint density at radius 3 is 3.11 bits per heavy atom. The number of nitrogens with zero attached hydrogens (tertiary/aromatic N) is 2. The number of rotatable bonds is 3. The molecule has 0 radical (unpaired) electrons. The summed E-state index contributed by atoms with van der Waals surface area (Å²) in [5, 5.41) is 8.01. The van der Waals surface area contributed by atoms with Gasteiger partial charge in [0.1, 0.15) is 5.75 Å². The molecule has 0 spiro atoms. The lowest BCUT2D eigenvalue weighted by Gasteiger charge is -2.17. The minimum atomic E-state index is 0.514. The van der Waals surface area contributed by atoms with E-state index in [0.717, 1.165) is 30.8 Å². The molecule has 0 atom stereocenters. The lowest BCUT2D eigenvalue weighted by atomic mass is 10.0. The monoisotopic (exact) mass is 245 g/mol. The smallest absolute Gasteiger partial charge is 0.247 e. The van der Waals surface area contributed by atoms with Crippen LogP contribution in [0.15, 0.2) is 22.6 Å². The first-order chi connectivity index (χ1) is 8.86. The summed E-state index contributed by atoms with van der Waals surface area (Å²) in [5.74, 6) is 2.10. The summed E-state index contributed by atoms with van der Waals surface area (Å²) >= 11 is 0. The van der Waals surface area contributed by atoms with E-state index in [1.54, 1.807) is 0 Å². The second kappa shape index (κ2) is 4.78. The summed E-state index contributed by atoms with van der Waals surface area (Å²) in [6, 6.07) is 5.98. The van der Waals surface area contributed by atoms with Gasteiger partial charge in [-0.3, -0.25) is 0 Å². The van der Waals surface area contributed by atoms with Crippen molar-refractivity contribution >= 4 is 0 Å². The fourth-order valence-corrected chi connectivity index (χ4v) is 2.09. The van der Waals surface area contributed by atoms with E-state index in [2.05, 4.69) is 16.3 Å². The predicted molar refractivity (Wildman–Crippen MR) is 66.3 cm³/mol. The Morgan fingerprint density at radius 1 is 1.28 bits per heavy atom. The van der Waals surface area contributed by atoms with Crippen LogP contribution >= 0.6 is 0 Å². The molecule has 94 valence electrons. The molecule has 0 saturated carbocycles. The molecule has 0 fully saturated rings. The zero-order chi connectivity index (χ0) is 12.4. The molecule has 2 aromatic rings. The van der Waals surface area contributed by atoms with Crippen molar-refractivity contribution in [2.75, 3.05) is 13.2 Å². The Balaban J connectivity index is 1.91. The zero-order valence-corrected chi connectivity index (χ0v) is 10.1. The third kappa shape index (κ3) is 2.09. The molecule has 0 aliphatic carbocycles. The second-order valence-corrected chi connectivity index (χ2v) is 4.31. The van der Waals surface area contributed by atoms with E-state index in [1.165, 1.54) is 5.56 Å². The molecule has 0 amide bonds. The fraction of sp³-hybridized carbons (Fsp3) is 0.385. The number of aromatic nitrogens is 2. The Hall–Kier alpha value is -1.88. The topological polar surface area (TPSA) is 74.2 Å². The van der Waals surface area contributed by atoms with Crippen LogP contribution in [-0.4, -0.2) is 23.3 Å². The average Bonchev–Trinajstić information content (AvgIpc) is 2.87. The minimum Gasteiger partial charge on any atom is -0.493 e. The standard InChI is InChI=1S/C13H15N3O2/c14-6-5-12-15-16-13(18-12)10-3-4-11-9(8-10)2-1-7-17-11/h3-4,8H,1-2,5-7,14H2. The van der Waals surface area contributed by atoms with E-state index in [0.29, 0.717) is 24.7 Å². The highest BCUT2D eigenvalue weighted by molar-refractivity contribution is 5.57. The van der Waals surface area contributed by atoms with Crippen molar-refractivity contribution in [2.24, 2.45) is 5.73 Å². The van der Waals surface area contributed by atoms with Crippen LogP contribution in [0.4, 0.5) is 0 Å². The molecular weight excluding hydrogens is 230 g/mol.